The summed E-state index contributed by atoms with van der Waals surface area (Å²) < 4.78 is 6.50. The lowest BCUT2D eigenvalue weighted by Crippen LogP contribution is -2.28. The van der Waals surface area contributed by atoms with E-state index in [4.69, 9.17) is 4.42 Å². The first kappa shape index (κ1) is 32.6. The molecule has 2 heteroatoms. The number of fused-ring (bicyclic) bond motifs is 15. The summed E-state index contributed by atoms with van der Waals surface area (Å²) in [5, 5.41) is 7.23. The fraction of sp³-hybridized carbons (Fsp3) is 0.0526. The first-order valence-electron chi connectivity index (χ1n) is 20.7. The van der Waals surface area contributed by atoms with Gasteiger partial charge in [-0.3, -0.25) is 0 Å². The molecule has 0 radical (unpaired) electrons. The minimum atomic E-state index is -0.356. The zero-order valence-corrected chi connectivity index (χ0v) is 32.3. The van der Waals surface area contributed by atoms with E-state index in [1.165, 1.54) is 66.1 Å². The molecule has 1 aromatic heterocycles. The van der Waals surface area contributed by atoms with E-state index >= 15 is 0 Å². The second kappa shape index (κ2) is 12.3. The minimum Gasteiger partial charge on any atom is -0.455 e. The number of anilines is 3. The molecule has 0 saturated heterocycles. The molecule has 9 aromatic carbocycles. The highest BCUT2D eigenvalue weighted by molar-refractivity contribution is 6.15. The van der Waals surface area contributed by atoms with Crippen LogP contribution in [-0.2, 0) is 5.41 Å². The number of hydrogen-bond acceptors (Lipinski definition) is 2. The summed E-state index contributed by atoms with van der Waals surface area (Å²) in [6, 6.07) is 69.5. The molecule has 0 amide bonds. The van der Waals surface area contributed by atoms with Crippen LogP contribution in [0.25, 0.3) is 71.3 Å². The highest BCUT2D eigenvalue weighted by Gasteiger charge is 2.52. The number of hydrogen-bond donors (Lipinski definition) is 0. The molecule has 2 nitrogen and oxygen atoms in total. The van der Waals surface area contributed by atoms with E-state index in [2.05, 4.69) is 199 Å². The number of rotatable bonds is 4. The molecule has 1 heterocycles. The molecule has 276 valence electrons. The fourth-order valence-electron chi connectivity index (χ4n) is 11.0. The lowest BCUT2D eigenvalue weighted by atomic mass is 9.68. The van der Waals surface area contributed by atoms with Gasteiger partial charge in [0.05, 0.1) is 11.1 Å². The average molecular weight is 752 g/mol. The van der Waals surface area contributed by atoms with Crippen LogP contribution >= 0.6 is 0 Å². The predicted octanol–water partition coefficient (Wildman–Crippen LogP) is 15.5. The molecule has 0 aliphatic heterocycles. The van der Waals surface area contributed by atoms with Crippen molar-refractivity contribution in [1.29, 1.82) is 0 Å². The molecule has 0 bridgehead atoms. The maximum Gasteiger partial charge on any atom is 0.143 e. The van der Waals surface area contributed by atoms with E-state index in [1.54, 1.807) is 0 Å². The van der Waals surface area contributed by atoms with Gasteiger partial charge in [-0.05, 0) is 115 Å². The van der Waals surface area contributed by atoms with Gasteiger partial charge in [0.15, 0.2) is 0 Å². The third kappa shape index (κ3) is 4.46. The van der Waals surface area contributed by atoms with Crippen LogP contribution < -0.4 is 4.90 Å². The van der Waals surface area contributed by atoms with E-state index < -0.39 is 0 Å². The first-order valence-corrected chi connectivity index (χ1v) is 20.7. The molecule has 0 fully saturated rings. The maximum absolute atomic E-state index is 6.50. The van der Waals surface area contributed by atoms with Crippen LogP contribution in [0.2, 0.25) is 0 Å². The maximum atomic E-state index is 6.50. The van der Waals surface area contributed by atoms with E-state index in [9.17, 15) is 0 Å². The van der Waals surface area contributed by atoms with Gasteiger partial charge >= 0.3 is 0 Å². The predicted molar refractivity (Wildman–Crippen MR) is 246 cm³/mol. The lowest BCUT2D eigenvalue weighted by Gasteiger charge is -2.34. The number of para-hydroxylation sites is 2. The van der Waals surface area contributed by atoms with Crippen LogP contribution in [0.3, 0.4) is 0 Å². The zero-order chi connectivity index (χ0) is 38.7. The summed E-state index contributed by atoms with van der Waals surface area (Å²) in [4.78, 5) is 2.49. The monoisotopic (exact) mass is 751 g/mol. The number of nitrogens with zero attached hydrogens (tertiary/aromatic N) is 1. The van der Waals surface area contributed by atoms with Crippen LogP contribution in [-0.4, -0.2) is 0 Å². The van der Waals surface area contributed by atoms with Crippen molar-refractivity contribution in [3.05, 3.63) is 228 Å². The van der Waals surface area contributed by atoms with Gasteiger partial charge in [0.2, 0.25) is 0 Å². The molecular formula is C57H37NO. The topological polar surface area (TPSA) is 16.4 Å². The van der Waals surface area contributed by atoms with Gasteiger partial charge in [-0.25, -0.2) is 0 Å². The van der Waals surface area contributed by atoms with Crippen molar-refractivity contribution in [2.45, 2.75) is 18.3 Å². The van der Waals surface area contributed by atoms with E-state index in [0.29, 0.717) is 0 Å². The second-order valence-corrected chi connectivity index (χ2v) is 16.2. The fourth-order valence-corrected chi connectivity index (χ4v) is 11.0. The molecule has 59 heavy (non-hydrogen) atoms. The highest BCUT2D eigenvalue weighted by atomic mass is 16.3. The Morgan fingerprint density at radius 3 is 2.03 bits per heavy atom. The summed E-state index contributed by atoms with van der Waals surface area (Å²) in [7, 11) is 0. The molecule has 3 aliphatic carbocycles. The third-order valence-corrected chi connectivity index (χ3v) is 13.4. The van der Waals surface area contributed by atoms with Crippen molar-refractivity contribution in [3.8, 4) is 22.3 Å². The molecular weight excluding hydrogens is 715 g/mol. The van der Waals surface area contributed by atoms with Crippen molar-refractivity contribution < 1.29 is 4.42 Å². The van der Waals surface area contributed by atoms with Crippen molar-refractivity contribution >= 4 is 66.1 Å². The van der Waals surface area contributed by atoms with Gasteiger partial charge in [0, 0.05) is 33.1 Å². The van der Waals surface area contributed by atoms with E-state index in [0.717, 1.165) is 63.0 Å². The normalized spacial score (nSPS) is 16.3. The van der Waals surface area contributed by atoms with E-state index in [1.807, 2.05) is 6.07 Å². The molecule has 3 aliphatic rings. The molecule has 1 atom stereocenters. The Kier molecular flexibility index (Phi) is 6.80. The largest absolute Gasteiger partial charge is 0.455 e. The number of furan rings is 1. The molecule has 13 rings (SSSR count). The Bertz CT molecular complexity index is 3450. The van der Waals surface area contributed by atoms with Crippen LogP contribution in [0, 0.1) is 0 Å². The quantitative estimate of drug-likeness (QED) is 0.167. The smallest absolute Gasteiger partial charge is 0.143 e. The third-order valence-electron chi connectivity index (χ3n) is 13.4. The summed E-state index contributed by atoms with van der Waals surface area (Å²) in [6.45, 7) is 0. The van der Waals surface area contributed by atoms with Crippen LogP contribution in [0.15, 0.2) is 210 Å². The number of benzene rings is 9. The first-order chi connectivity index (χ1) is 29.3. The molecule has 10 aromatic rings. The Labute approximate surface area is 342 Å². The average Bonchev–Trinajstić information content (AvgIpc) is 3.93. The van der Waals surface area contributed by atoms with Gasteiger partial charge in [-0.2, -0.15) is 0 Å². The summed E-state index contributed by atoms with van der Waals surface area (Å²) in [5.41, 5.74) is 18.2. The van der Waals surface area contributed by atoms with Crippen molar-refractivity contribution in [2.75, 3.05) is 4.90 Å². The summed E-state index contributed by atoms with van der Waals surface area (Å²) in [6.07, 6.45) is 6.83. The zero-order valence-electron chi connectivity index (χ0n) is 32.3. The van der Waals surface area contributed by atoms with Crippen LogP contribution in [0.4, 0.5) is 17.1 Å². The van der Waals surface area contributed by atoms with Crippen molar-refractivity contribution in [2.24, 2.45) is 0 Å². The lowest BCUT2D eigenvalue weighted by molar-refractivity contribution is 0.670. The molecule has 1 unspecified atom stereocenters. The highest BCUT2D eigenvalue weighted by Crippen LogP contribution is 2.64. The number of allylic oxidation sites excluding steroid dienone is 4. The van der Waals surface area contributed by atoms with Crippen molar-refractivity contribution in [3.63, 3.8) is 0 Å². The second-order valence-electron chi connectivity index (χ2n) is 16.2. The Hall–Kier alpha value is -7.42. The summed E-state index contributed by atoms with van der Waals surface area (Å²) >= 11 is 0. The van der Waals surface area contributed by atoms with Crippen LogP contribution in [0.1, 0.15) is 35.1 Å². The Morgan fingerprint density at radius 2 is 1.14 bits per heavy atom. The molecule has 0 saturated carbocycles. The minimum absolute atomic E-state index is 0.356. The molecule has 1 spiro atoms. The SMILES string of the molecule is C1=CC2=C(CC1)C1(c3ccccc32)c2ccccc2-c2ccc(N(c3ccc(-c4cccc5c4oc4ccccc45)cc3)c3cccc4ccc5ccccc5c34)cc21. The Balaban J connectivity index is 1.06. The summed E-state index contributed by atoms with van der Waals surface area (Å²) in [5.74, 6) is 0. The van der Waals surface area contributed by atoms with Crippen LogP contribution in [0.5, 0.6) is 0 Å². The van der Waals surface area contributed by atoms with Crippen molar-refractivity contribution in [1.82, 2.24) is 0 Å². The van der Waals surface area contributed by atoms with E-state index in [-0.39, 0.29) is 5.41 Å². The Morgan fingerprint density at radius 1 is 0.475 bits per heavy atom. The van der Waals surface area contributed by atoms with Gasteiger partial charge in [-0.1, -0.05) is 164 Å². The standard InChI is InChI=1S/C57H37NO/c1-2-15-41-36(13-1)27-28-38-14-11-25-53(55(38)41)58(39-31-29-37(30-32-39)42-20-12-21-48-47-19-6-10-26-54(47)59-56(42)48)40-33-34-46-45-18-5-9-24-51(45)57(52(46)35-40)49-22-7-3-16-43(49)44-17-4-8-23-50(44)57/h1-7,9-22,24-35H,8,23H2. The van der Waals surface area contributed by atoms with Gasteiger partial charge in [-0.15, -0.1) is 0 Å². The van der Waals surface area contributed by atoms with Gasteiger partial charge in [0.25, 0.3) is 0 Å². The van der Waals surface area contributed by atoms with Gasteiger partial charge in [0.1, 0.15) is 11.2 Å². The molecule has 0 N–H and O–H groups in total. The van der Waals surface area contributed by atoms with Gasteiger partial charge < -0.3 is 9.32 Å².